The first kappa shape index (κ1) is 16.2. The lowest BCUT2D eigenvalue weighted by atomic mass is 9.92. The van der Waals surface area contributed by atoms with E-state index in [1.807, 2.05) is 6.20 Å². The normalized spacial score (nSPS) is 17.6. The maximum Gasteiger partial charge on any atom is 0.0459 e. The minimum absolute atomic E-state index is 0.590. The molecule has 2 heteroatoms. The Morgan fingerprint density at radius 2 is 1.96 bits per heavy atom. The number of aromatic nitrogens is 1. The molecule has 1 aromatic heterocycles. The third kappa shape index (κ3) is 3.69. The van der Waals surface area contributed by atoms with Gasteiger partial charge in [-0.3, -0.25) is 0 Å². The average Bonchev–Trinajstić information content (AvgIpc) is 3.11. The van der Waals surface area contributed by atoms with E-state index in [-0.39, 0.29) is 0 Å². The topological polar surface area (TPSA) is 27.8 Å². The van der Waals surface area contributed by atoms with E-state index in [4.69, 9.17) is 0 Å². The van der Waals surface area contributed by atoms with Crippen LogP contribution in [0.1, 0.15) is 36.0 Å². The van der Waals surface area contributed by atoms with Gasteiger partial charge in [0.1, 0.15) is 0 Å². The minimum Gasteiger partial charge on any atom is -0.361 e. The molecule has 2 nitrogen and oxygen atoms in total. The Kier molecular flexibility index (Phi) is 4.71. The highest BCUT2D eigenvalue weighted by molar-refractivity contribution is 5.83. The molecule has 2 heterocycles. The van der Waals surface area contributed by atoms with Gasteiger partial charge in [0.2, 0.25) is 0 Å². The molecule has 0 fully saturated rings. The van der Waals surface area contributed by atoms with Gasteiger partial charge in [0.05, 0.1) is 0 Å². The quantitative estimate of drug-likeness (QED) is 0.657. The SMILES string of the molecule is Cc1cc(CCCC2CC(c3ccccc3)=CCN2)c2cc[nH]c2c1. The second kappa shape index (κ2) is 7.28. The molecule has 0 amide bonds. The van der Waals surface area contributed by atoms with E-state index in [9.17, 15) is 0 Å². The molecule has 0 aliphatic carbocycles. The summed E-state index contributed by atoms with van der Waals surface area (Å²) in [5.74, 6) is 0. The standard InChI is InChI=1S/C23H26N2/c1-17-14-20(22-11-13-25-23(22)15-17)8-5-9-21-16-19(10-12-24-21)18-6-3-2-4-7-18/h2-4,6-7,10-11,13-15,21,24-25H,5,8-9,12,16H2,1H3. The molecular weight excluding hydrogens is 304 g/mol. The Bertz CT molecular complexity index is 874. The van der Waals surface area contributed by atoms with Gasteiger partial charge in [-0.25, -0.2) is 0 Å². The highest BCUT2D eigenvalue weighted by atomic mass is 14.9. The molecule has 2 aromatic carbocycles. The fraction of sp³-hybridized carbons (Fsp3) is 0.304. The van der Waals surface area contributed by atoms with Gasteiger partial charge in [0.25, 0.3) is 0 Å². The van der Waals surface area contributed by atoms with Gasteiger partial charge in [0.15, 0.2) is 0 Å². The van der Waals surface area contributed by atoms with Crippen molar-refractivity contribution in [3.05, 3.63) is 77.5 Å². The molecule has 1 aliphatic heterocycles. The smallest absolute Gasteiger partial charge is 0.0459 e. The predicted molar refractivity (Wildman–Crippen MR) is 107 cm³/mol. The van der Waals surface area contributed by atoms with Crippen LogP contribution in [0.15, 0.2) is 60.8 Å². The van der Waals surface area contributed by atoms with Gasteiger partial charge < -0.3 is 10.3 Å². The number of aryl methyl sites for hydroxylation is 2. The summed E-state index contributed by atoms with van der Waals surface area (Å²) in [4.78, 5) is 3.34. The Balaban J connectivity index is 1.37. The van der Waals surface area contributed by atoms with Crippen LogP contribution in [0.2, 0.25) is 0 Å². The van der Waals surface area contributed by atoms with Gasteiger partial charge in [-0.05, 0) is 67.0 Å². The zero-order chi connectivity index (χ0) is 17.1. The number of benzene rings is 2. The van der Waals surface area contributed by atoms with Gasteiger partial charge >= 0.3 is 0 Å². The number of hydrogen-bond acceptors (Lipinski definition) is 1. The van der Waals surface area contributed by atoms with Crippen molar-refractivity contribution in [2.75, 3.05) is 6.54 Å². The van der Waals surface area contributed by atoms with Gasteiger partial charge in [-0.1, -0.05) is 42.5 Å². The van der Waals surface area contributed by atoms with Gasteiger partial charge in [-0.15, -0.1) is 0 Å². The lowest BCUT2D eigenvalue weighted by molar-refractivity contribution is 0.486. The molecule has 0 bridgehead atoms. The van der Waals surface area contributed by atoms with E-state index >= 15 is 0 Å². The van der Waals surface area contributed by atoms with Gasteiger partial charge in [-0.2, -0.15) is 0 Å². The molecule has 0 radical (unpaired) electrons. The molecule has 3 aromatic rings. The van der Waals surface area contributed by atoms with Crippen LogP contribution >= 0.6 is 0 Å². The maximum absolute atomic E-state index is 3.67. The summed E-state index contributed by atoms with van der Waals surface area (Å²) in [7, 11) is 0. The number of nitrogens with one attached hydrogen (secondary N) is 2. The fourth-order valence-electron chi connectivity index (χ4n) is 4.01. The molecule has 0 spiro atoms. The number of fused-ring (bicyclic) bond motifs is 1. The molecule has 2 N–H and O–H groups in total. The molecule has 4 rings (SSSR count). The third-order valence-electron chi connectivity index (χ3n) is 5.26. The van der Waals surface area contributed by atoms with Crippen molar-refractivity contribution in [2.24, 2.45) is 0 Å². The number of H-pyrrole nitrogens is 1. The highest BCUT2D eigenvalue weighted by Gasteiger charge is 2.16. The first-order valence-electron chi connectivity index (χ1n) is 9.34. The molecule has 25 heavy (non-hydrogen) atoms. The van der Waals surface area contributed by atoms with Crippen molar-refractivity contribution in [3.63, 3.8) is 0 Å². The van der Waals surface area contributed by atoms with Crippen molar-refractivity contribution in [1.29, 1.82) is 0 Å². The Labute approximate surface area is 150 Å². The summed E-state index contributed by atoms with van der Waals surface area (Å²) in [6.07, 6.45) is 9.13. The van der Waals surface area contributed by atoms with Crippen molar-refractivity contribution in [2.45, 2.75) is 38.6 Å². The second-order valence-corrected chi connectivity index (χ2v) is 7.16. The van der Waals surface area contributed by atoms with Crippen LogP contribution in [0.3, 0.4) is 0 Å². The summed E-state index contributed by atoms with van der Waals surface area (Å²) in [6, 6.07) is 18.2. The largest absolute Gasteiger partial charge is 0.361 e. The first-order chi connectivity index (χ1) is 12.3. The summed E-state index contributed by atoms with van der Waals surface area (Å²) < 4.78 is 0. The van der Waals surface area contributed by atoms with Crippen molar-refractivity contribution >= 4 is 16.5 Å². The zero-order valence-electron chi connectivity index (χ0n) is 14.9. The lowest BCUT2D eigenvalue weighted by Gasteiger charge is -2.24. The summed E-state index contributed by atoms with van der Waals surface area (Å²) in [5, 5.41) is 5.05. The monoisotopic (exact) mass is 330 g/mol. The van der Waals surface area contributed by atoms with Crippen LogP contribution in [0.4, 0.5) is 0 Å². The number of hydrogen-bond donors (Lipinski definition) is 2. The van der Waals surface area contributed by atoms with E-state index in [1.54, 1.807) is 0 Å². The Morgan fingerprint density at radius 3 is 2.84 bits per heavy atom. The molecule has 0 saturated heterocycles. The van der Waals surface area contributed by atoms with Crippen molar-refractivity contribution < 1.29 is 0 Å². The molecule has 1 aliphatic rings. The predicted octanol–water partition coefficient (Wildman–Crippen LogP) is 5.24. The van der Waals surface area contributed by atoms with E-state index in [0.29, 0.717) is 6.04 Å². The molecule has 1 unspecified atom stereocenters. The third-order valence-corrected chi connectivity index (χ3v) is 5.26. The van der Waals surface area contributed by atoms with Crippen molar-refractivity contribution in [3.8, 4) is 0 Å². The number of aromatic amines is 1. The van der Waals surface area contributed by atoms with E-state index in [2.05, 4.69) is 71.8 Å². The fourth-order valence-corrected chi connectivity index (χ4v) is 4.01. The Hall–Kier alpha value is -2.32. The van der Waals surface area contributed by atoms with Crippen LogP contribution < -0.4 is 5.32 Å². The van der Waals surface area contributed by atoms with Gasteiger partial charge in [0, 0.05) is 29.7 Å². The zero-order valence-corrected chi connectivity index (χ0v) is 14.9. The maximum atomic E-state index is 3.67. The van der Waals surface area contributed by atoms with Crippen LogP contribution in [0.25, 0.3) is 16.5 Å². The highest BCUT2D eigenvalue weighted by Crippen LogP contribution is 2.26. The van der Waals surface area contributed by atoms with E-state index in [0.717, 1.165) is 19.4 Å². The van der Waals surface area contributed by atoms with E-state index < -0.39 is 0 Å². The summed E-state index contributed by atoms with van der Waals surface area (Å²) >= 11 is 0. The molecular formula is C23H26N2. The molecule has 128 valence electrons. The van der Waals surface area contributed by atoms with Crippen molar-refractivity contribution in [1.82, 2.24) is 10.3 Å². The summed E-state index contributed by atoms with van der Waals surface area (Å²) in [6.45, 7) is 3.17. The van der Waals surface area contributed by atoms with E-state index in [1.165, 1.54) is 46.0 Å². The van der Waals surface area contributed by atoms with Crippen LogP contribution in [0, 0.1) is 6.92 Å². The minimum atomic E-state index is 0.590. The second-order valence-electron chi connectivity index (χ2n) is 7.16. The van der Waals surface area contributed by atoms with Crippen LogP contribution in [-0.2, 0) is 6.42 Å². The Morgan fingerprint density at radius 1 is 1.08 bits per heavy atom. The van der Waals surface area contributed by atoms with Crippen LogP contribution in [0.5, 0.6) is 0 Å². The molecule has 0 saturated carbocycles. The number of rotatable bonds is 5. The van der Waals surface area contributed by atoms with Crippen LogP contribution in [-0.4, -0.2) is 17.6 Å². The average molecular weight is 330 g/mol. The summed E-state index contributed by atoms with van der Waals surface area (Å²) in [5.41, 5.74) is 6.95. The lowest BCUT2D eigenvalue weighted by Crippen LogP contribution is -2.32. The first-order valence-corrected chi connectivity index (χ1v) is 9.34. The molecule has 1 atom stereocenters.